The number of carbonyl (C=O) groups excluding carboxylic acids is 1. The van der Waals surface area contributed by atoms with Gasteiger partial charge in [0, 0.05) is 17.7 Å². The number of hydrogen-bond acceptors (Lipinski definition) is 3. The highest BCUT2D eigenvalue weighted by atomic mass is 19.3. The standard InChI is InChI=1S/C19H19F2NO4/c1-26-16-8-3-2-5-12(16)9-15(19(24)25)11-22-18(23)14-7-4-6-13(10-14)17(20)21/h2-8,10,15,17H,9,11H2,1H3,(H,22,23)(H,24,25). The molecule has 1 atom stereocenters. The number of carboxylic acid groups (broad SMARTS) is 1. The number of methoxy groups -OCH3 is 1. The van der Waals surface area contributed by atoms with Crippen LogP contribution in [0.1, 0.15) is 27.9 Å². The number of nitrogens with one attached hydrogen (secondary N) is 1. The van der Waals surface area contributed by atoms with Crippen LogP contribution in [0.15, 0.2) is 48.5 Å². The summed E-state index contributed by atoms with van der Waals surface area (Å²) in [4.78, 5) is 23.7. The molecule has 0 saturated heterocycles. The van der Waals surface area contributed by atoms with Crippen molar-refractivity contribution in [1.82, 2.24) is 5.32 Å². The van der Waals surface area contributed by atoms with Crippen LogP contribution in [0, 0.1) is 5.92 Å². The molecule has 2 aromatic rings. The van der Waals surface area contributed by atoms with E-state index >= 15 is 0 Å². The van der Waals surface area contributed by atoms with Gasteiger partial charge in [0.05, 0.1) is 13.0 Å². The van der Waals surface area contributed by atoms with Crippen LogP contribution in [0.5, 0.6) is 5.75 Å². The van der Waals surface area contributed by atoms with E-state index in [9.17, 15) is 23.5 Å². The second kappa shape index (κ2) is 8.94. The van der Waals surface area contributed by atoms with Gasteiger partial charge in [-0.2, -0.15) is 0 Å². The highest BCUT2D eigenvalue weighted by Crippen LogP contribution is 2.21. The summed E-state index contributed by atoms with van der Waals surface area (Å²) >= 11 is 0. The molecule has 0 fully saturated rings. The molecule has 1 amide bonds. The Labute approximate surface area is 149 Å². The van der Waals surface area contributed by atoms with E-state index in [0.717, 1.165) is 6.07 Å². The van der Waals surface area contributed by atoms with Gasteiger partial charge < -0.3 is 15.2 Å². The molecule has 0 heterocycles. The first-order valence-corrected chi connectivity index (χ1v) is 7.93. The van der Waals surface area contributed by atoms with Crippen molar-refractivity contribution in [1.29, 1.82) is 0 Å². The second-order valence-electron chi connectivity index (χ2n) is 5.69. The van der Waals surface area contributed by atoms with Gasteiger partial charge in [-0.25, -0.2) is 8.78 Å². The van der Waals surface area contributed by atoms with Crippen LogP contribution < -0.4 is 10.1 Å². The molecule has 0 aliphatic carbocycles. The Kier molecular flexibility index (Phi) is 6.66. The first-order valence-electron chi connectivity index (χ1n) is 7.93. The van der Waals surface area contributed by atoms with Gasteiger partial charge in [0.1, 0.15) is 5.75 Å². The van der Waals surface area contributed by atoms with E-state index in [2.05, 4.69) is 5.32 Å². The lowest BCUT2D eigenvalue weighted by Crippen LogP contribution is -2.34. The fourth-order valence-corrected chi connectivity index (χ4v) is 2.52. The van der Waals surface area contributed by atoms with Crippen molar-refractivity contribution in [3.05, 3.63) is 65.2 Å². The van der Waals surface area contributed by atoms with Gasteiger partial charge in [-0.05, 0) is 30.2 Å². The van der Waals surface area contributed by atoms with E-state index in [1.807, 2.05) is 0 Å². The van der Waals surface area contributed by atoms with Gasteiger partial charge in [0.15, 0.2) is 0 Å². The molecular formula is C19H19F2NO4. The van der Waals surface area contributed by atoms with Crippen molar-refractivity contribution in [3.63, 3.8) is 0 Å². The third kappa shape index (κ3) is 5.02. The van der Waals surface area contributed by atoms with Crippen LogP contribution in [0.2, 0.25) is 0 Å². The number of ether oxygens (including phenoxy) is 1. The minimum atomic E-state index is -2.68. The molecule has 0 aromatic heterocycles. The lowest BCUT2D eigenvalue weighted by Gasteiger charge is -2.15. The summed E-state index contributed by atoms with van der Waals surface area (Å²) in [5.74, 6) is -1.99. The van der Waals surface area contributed by atoms with E-state index in [4.69, 9.17) is 4.74 Å². The predicted octanol–water partition coefficient (Wildman–Crippen LogP) is 3.31. The van der Waals surface area contributed by atoms with E-state index in [-0.39, 0.29) is 24.1 Å². The average Bonchev–Trinajstić information content (AvgIpc) is 2.64. The maximum atomic E-state index is 12.7. The summed E-state index contributed by atoms with van der Waals surface area (Å²) < 4.78 is 30.7. The normalized spacial score (nSPS) is 11.8. The Hall–Kier alpha value is -2.96. The van der Waals surface area contributed by atoms with Crippen molar-refractivity contribution in [2.75, 3.05) is 13.7 Å². The number of carbonyl (C=O) groups is 2. The van der Waals surface area contributed by atoms with Crippen molar-refractivity contribution in [3.8, 4) is 5.75 Å². The van der Waals surface area contributed by atoms with E-state index < -0.39 is 24.2 Å². The summed E-state index contributed by atoms with van der Waals surface area (Å²) in [5, 5.41) is 11.9. The summed E-state index contributed by atoms with van der Waals surface area (Å²) in [6.07, 6.45) is -2.52. The number of aliphatic carboxylic acids is 1. The van der Waals surface area contributed by atoms with E-state index in [0.29, 0.717) is 11.3 Å². The molecule has 0 aliphatic heterocycles. The maximum absolute atomic E-state index is 12.7. The lowest BCUT2D eigenvalue weighted by molar-refractivity contribution is -0.141. The van der Waals surface area contributed by atoms with Gasteiger partial charge in [0.2, 0.25) is 0 Å². The van der Waals surface area contributed by atoms with Gasteiger partial charge in [-0.15, -0.1) is 0 Å². The predicted molar refractivity (Wildman–Crippen MR) is 91.6 cm³/mol. The molecule has 2 N–H and O–H groups in total. The zero-order valence-corrected chi connectivity index (χ0v) is 14.1. The maximum Gasteiger partial charge on any atom is 0.308 e. The quantitative estimate of drug-likeness (QED) is 0.755. The molecule has 138 valence electrons. The first kappa shape index (κ1) is 19.4. The summed E-state index contributed by atoms with van der Waals surface area (Å²) in [7, 11) is 1.49. The molecule has 0 spiro atoms. The zero-order chi connectivity index (χ0) is 19.1. The minimum Gasteiger partial charge on any atom is -0.496 e. The molecule has 0 saturated carbocycles. The lowest BCUT2D eigenvalue weighted by atomic mass is 9.98. The highest BCUT2D eigenvalue weighted by molar-refractivity contribution is 5.94. The van der Waals surface area contributed by atoms with Crippen LogP contribution in [0.25, 0.3) is 0 Å². The molecule has 0 bridgehead atoms. The van der Waals surface area contributed by atoms with Crippen LogP contribution in [-0.4, -0.2) is 30.6 Å². The van der Waals surface area contributed by atoms with Gasteiger partial charge in [0.25, 0.3) is 12.3 Å². The number of rotatable bonds is 8. The molecule has 2 rings (SSSR count). The van der Waals surface area contributed by atoms with Crippen LogP contribution in [0.4, 0.5) is 8.78 Å². The summed E-state index contributed by atoms with van der Waals surface area (Å²) in [5.41, 5.74) is 0.502. The third-order valence-corrected chi connectivity index (χ3v) is 3.92. The Morgan fingerprint density at radius 1 is 1.15 bits per heavy atom. The average molecular weight is 363 g/mol. The monoisotopic (exact) mass is 363 g/mol. The molecule has 7 heteroatoms. The smallest absolute Gasteiger partial charge is 0.308 e. The number of amides is 1. The number of halogens is 2. The van der Waals surface area contributed by atoms with Crippen LogP contribution in [-0.2, 0) is 11.2 Å². The number of alkyl halides is 2. The van der Waals surface area contributed by atoms with Crippen molar-refractivity contribution in [2.24, 2.45) is 5.92 Å². The molecule has 26 heavy (non-hydrogen) atoms. The van der Waals surface area contributed by atoms with Crippen LogP contribution >= 0.6 is 0 Å². The molecular weight excluding hydrogens is 344 g/mol. The molecule has 2 aromatic carbocycles. The third-order valence-electron chi connectivity index (χ3n) is 3.92. The zero-order valence-electron chi connectivity index (χ0n) is 14.1. The topological polar surface area (TPSA) is 75.6 Å². The van der Waals surface area contributed by atoms with E-state index in [1.54, 1.807) is 24.3 Å². The van der Waals surface area contributed by atoms with Crippen molar-refractivity contribution in [2.45, 2.75) is 12.8 Å². The number of carboxylic acids is 1. The molecule has 0 aliphatic rings. The summed E-state index contributed by atoms with van der Waals surface area (Å²) in [6.45, 7) is -0.134. The number of para-hydroxylation sites is 1. The minimum absolute atomic E-state index is 0.0595. The largest absolute Gasteiger partial charge is 0.496 e. The SMILES string of the molecule is COc1ccccc1CC(CNC(=O)c1cccc(C(F)F)c1)C(=O)O. The van der Waals surface area contributed by atoms with Crippen molar-refractivity contribution < 1.29 is 28.2 Å². The first-order chi connectivity index (χ1) is 12.4. The molecule has 0 radical (unpaired) electrons. The number of hydrogen-bond donors (Lipinski definition) is 2. The highest BCUT2D eigenvalue weighted by Gasteiger charge is 2.21. The second-order valence-corrected chi connectivity index (χ2v) is 5.69. The number of benzene rings is 2. The Morgan fingerprint density at radius 3 is 2.54 bits per heavy atom. The fraction of sp³-hybridized carbons (Fsp3) is 0.263. The molecule has 5 nitrogen and oxygen atoms in total. The fourth-order valence-electron chi connectivity index (χ4n) is 2.52. The van der Waals surface area contributed by atoms with Gasteiger partial charge in [-0.3, -0.25) is 9.59 Å². The Balaban J connectivity index is 2.05. The van der Waals surface area contributed by atoms with Crippen molar-refractivity contribution >= 4 is 11.9 Å². The van der Waals surface area contributed by atoms with Crippen LogP contribution in [0.3, 0.4) is 0 Å². The molecule has 1 unspecified atom stereocenters. The summed E-state index contributed by atoms with van der Waals surface area (Å²) in [6, 6.07) is 12.1. The Morgan fingerprint density at radius 2 is 1.88 bits per heavy atom. The van der Waals surface area contributed by atoms with E-state index in [1.165, 1.54) is 25.3 Å². The van der Waals surface area contributed by atoms with Gasteiger partial charge >= 0.3 is 5.97 Å². The Bertz CT molecular complexity index is 780. The van der Waals surface area contributed by atoms with Gasteiger partial charge in [-0.1, -0.05) is 30.3 Å².